The highest BCUT2D eigenvalue weighted by molar-refractivity contribution is 5.94. The molecule has 0 unspecified atom stereocenters. The van der Waals surface area contributed by atoms with Crippen LogP contribution in [0.2, 0.25) is 0 Å². The monoisotopic (exact) mass is 386 g/mol. The number of carbonyl (C=O) groups is 3. The highest BCUT2D eigenvalue weighted by Gasteiger charge is 2.08. The minimum Gasteiger partial charge on any atom is -0.349 e. The molecule has 0 saturated carbocycles. The van der Waals surface area contributed by atoms with Crippen LogP contribution in [0.1, 0.15) is 11.1 Å². The molecule has 148 valence electrons. The lowest BCUT2D eigenvalue weighted by Gasteiger charge is -2.11. The smallest absolute Gasteiger partial charge is 0.315 e. The minimum atomic E-state index is -0.503. The van der Waals surface area contributed by atoms with E-state index in [0.717, 1.165) is 11.1 Å². The lowest BCUT2D eigenvalue weighted by molar-refractivity contribution is -0.128. The van der Waals surface area contributed by atoms with Crippen molar-refractivity contribution in [2.24, 2.45) is 0 Å². The molecule has 2 aromatic carbocycles. The molecule has 0 radical (unpaired) electrons. The van der Waals surface area contributed by atoms with Crippen molar-refractivity contribution in [3.05, 3.63) is 65.5 Å². The molecule has 0 spiro atoms. The lowest BCUT2D eigenvalue weighted by atomic mass is 10.1. The fraction of sp³-hybridized carbons (Fsp3) is 0.250. The third-order valence-electron chi connectivity index (χ3n) is 3.87. The molecular weight excluding hydrogens is 363 g/mol. The Kier molecular flexibility index (Phi) is 7.50. The van der Waals surface area contributed by atoms with Gasteiger partial charge < -0.3 is 20.9 Å². The van der Waals surface area contributed by atoms with Crippen LogP contribution in [0, 0.1) is 5.82 Å². The van der Waals surface area contributed by atoms with Crippen LogP contribution < -0.4 is 16.0 Å². The summed E-state index contributed by atoms with van der Waals surface area (Å²) < 4.78 is 12.8. The quantitative estimate of drug-likeness (QED) is 0.679. The zero-order valence-corrected chi connectivity index (χ0v) is 15.8. The highest BCUT2D eigenvalue weighted by atomic mass is 19.1. The molecule has 0 fully saturated rings. The maximum Gasteiger partial charge on any atom is 0.315 e. The largest absolute Gasteiger partial charge is 0.349 e. The van der Waals surface area contributed by atoms with Gasteiger partial charge in [0.25, 0.3) is 0 Å². The fourth-order valence-electron chi connectivity index (χ4n) is 2.25. The van der Waals surface area contributed by atoms with E-state index >= 15 is 0 Å². The number of hydrogen-bond acceptors (Lipinski definition) is 3. The van der Waals surface area contributed by atoms with E-state index in [9.17, 15) is 18.8 Å². The number of likely N-dealkylation sites (N-methyl/N-ethyl adjacent to an activating group) is 1. The van der Waals surface area contributed by atoms with Crippen molar-refractivity contribution in [1.29, 1.82) is 0 Å². The standard InChI is InChI=1S/C20H23FN4O3/c1-25(2)19(27)11-14-5-9-17(10-6-14)24-18(26)13-23-20(28)22-12-15-3-7-16(21)8-4-15/h3-10H,11-13H2,1-2H3,(H,24,26)(H2,22,23,28). The zero-order valence-electron chi connectivity index (χ0n) is 15.8. The van der Waals surface area contributed by atoms with E-state index in [1.165, 1.54) is 17.0 Å². The zero-order chi connectivity index (χ0) is 20.5. The van der Waals surface area contributed by atoms with E-state index in [0.29, 0.717) is 5.69 Å². The van der Waals surface area contributed by atoms with E-state index in [4.69, 9.17) is 0 Å². The Morgan fingerprint density at radius 2 is 1.50 bits per heavy atom. The van der Waals surface area contributed by atoms with Gasteiger partial charge in [-0.05, 0) is 35.4 Å². The van der Waals surface area contributed by atoms with Gasteiger partial charge in [0.05, 0.1) is 13.0 Å². The summed E-state index contributed by atoms with van der Waals surface area (Å²) in [6, 6.07) is 12.2. The van der Waals surface area contributed by atoms with Crippen molar-refractivity contribution in [2.75, 3.05) is 26.0 Å². The van der Waals surface area contributed by atoms with Gasteiger partial charge in [-0.2, -0.15) is 0 Å². The number of halogens is 1. The first-order chi connectivity index (χ1) is 13.3. The summed E-state index contributed by atoms with van der Waals surface area (Å²) in [6.07, 6.45) is 0.289. The van der Waals surface area contributed by atoms with Gasteiger partial charge in [0.1, 0.15) is 5.82 Å². The van der Waals surface area contributed by atoms with Crippen LogP contribution >= 0.6 is 0 Å². The van der Waals surface area contributed by atoms with Crippen molar-refractivity contribution in [2.45, 2.75) is 13.0 Å². The molecule has 0 saturated heterocycles. The van der Waals surface area contributed by atoms with Gasteiger partial charge in [-0.3, -0.25) is 9.59 Å². The van der Waals surface area contributed by atoms with Crippen LogP contribution in [-0.2, 0) is 22.6 Å². The number of anilines is 1. The number of nitrogens with zero attached hydrogens (tertiary/aromatic N) is 1. The van der Waals surface area contributed by atoms with Crippen molar-refractivity contribution in [3.8, 4) is 0 Å². The second kappa shape index (κ2) is 10.1. The van der Waals surface area contributed by atoms with E-state index in [2.05, 4.69) is 16.0 Å². The molecule has 0 atom stereocenters. The van der Waals surface area contributed by atoms with Crippen molar-refractivity contribution < 1.29 is 18.8 Å². The molecule has 7 nitrogen and oxygen atoms in total. The average molecular weight is 386 g/mol. The summed E-state index contributed by atoms with van der Waals surface area (Å²) in [5, 5.41) is 7.69. The first-order valence-corrected chi connectivity index (χ1v) is 8.68. The topological polar surface area (TPSA) is 90.5 Å². The predicted octanol–water partition coefficient (Wildman–Crippen LogP) is 1.89. The molecule has 0 aliphatic rings. The maximum absolute atomic E-state index is 12.8. The summed E-state index contributed by atoms with van der Waals surface area (Å²) in [5.41, 5.74) is 2.16. The Hall–Kier alpha value is -3.42. The predicted molar refractivity (Wildman–Crippen MR) is 104 cm³/mol. The number of benzene rings is 2. The fourth-order valence-corrected chi connectivity index (χ4v) is 2.25. The molecule has 0 aromatic heterocycles. The molecule has 4 amide bonds. The van der Waals surface area contributed by atoms with Crippen molar-refractivity contribution in [3.63, 3.8) is 0 Å². The number of rotatable bonds is 7. The van der Waals surface area contributed by atoms with Gasteiger partial charge >= 0.3 is 6.03 Å². The maximum atomic E-state index is 12.8. The van der Waals surface area contributed by atoms with Gasteiger partial charge in [-0.25, -0.2) is 9.18 Å². The van der Waals surface area contributed by atoms with Crippen LogP contribution in [0.25, 0.3) is 0 Å². The Bertz CT molecular complexity index is 820. The van der Waals surface area contributed by atoms with Gasteiger partial charge in [-0.1, -0.05) is 24.3 Å². The summed E-state index contributed by atoms with van der Waals surface area (Å²) in [7, 11) is 3.39. The van der Waals surface area contributed by atoms with E-state index < -0.39 is 6.03 Å². The SMILES string of the molecule is CN(C)C(=O)Cc1ccc(NC(=O)CNC(=O)NCc2ccc(F)cc2)cc1. The minimum absolute atomic E-state index is 0.00682. The number of hydrogen-bond donors (Lipinski definition) is 3. The second-order valence-electron chi connectivity index (χ2n) is 6.37. The molecule has 28 heavy (non-hydrogen) atoms. The van der Waals surface area contributed by atoms with Crippen LogP contribution in [-0.4, -0.2) is 43.4 Å². The molecular formula is C20H23FN4O3. The third-order valence-corrected chi connectivity index (χ3v) is 3.87. The first kappa shape index (κ1) is 20.9. The molecule has 3 N–H and O–H groups in total. The molecule has 0 aliphatic heterocycles. The number of urea groups is 1. The molecule has 2 rings (SSSR count). The number of amides is 4. The first-order valence-electron chi connectivity index (χ1n) is 8.68. The van der Waals surface area contributed by atoms with Gasteiger partial charge in [0, 0.05) is 26.3 Å². The van der Waals surface area contributed by atoms with Crippen LogP contribution in [0.4, 0.5) is 14.9 Å². The lowest BCUT2D eigenvalue weighted by Crippen LogP contribution is -2.39. The normalized spacial score (nSPS) is 10.1. The Balaban J connectivity index is 1.72. The molecule has 0 heterocycles. The third kappa shape index (κ3) is 7.06. The van der Waals surface area contributed by atoms with Crippen molar-refractivity contribution >= 4 is 23.5 Å². The van der Waals surface area contributed by atoms with Crippen LogP contribution in [0.5, 0.6) is 0 Å². The molecule has 0 bridgehead atoms. The number of carbonyl (C=O) groups excluding carboxylic acids is 3. The van der Waals surface area contributed by atoms with Crippen LogP contribution in [0.15, 0.2) is 48.5 Å². The summed E-state index contributed by atoms with van der Waals surface area (Å²) in [5.74, 6) is -0.733. The second-order valence-corrected chi connectivity index (χ2v) is 6.37. The number of nitrogens with one attached hydrogen (secondary N) is 3. The summed E-state index contributed by atoms with van der Waals surface area (Å²) in [6.45, 7) is 0.0248. The van der Waals surface area contributed by atoms with E-state index in [1.54, 1.807) is 50.5 Å². The van der Waals surface area contributed by atoms with E-state index in [1.807, 2.05) is 0 Å². The highest BCUT2D eigenvalue weighted by Crippen LogP contribution is 2.10. The van der Waals surface area contributed by atoms with Gasteiger partial charge in [0.2, 0.25) is 11.8 Å². The molecule has 0 aliphatic carbocycles. The summed E-state index contributed by atoms with van der Waals surface area (Å²) in [4.78, 5) is 36.8. The average Bonchev–Trinajstić information content (AvgIpc) is 2.67. The molecule has 2 aromatic rings. The Morgan fingerprint density at radius 3 is 2.11 bits per heavy atom. The Morgan fingerprint density at radius 1 is 0.893 bits per heavy atom. The van der Waals surface area contributed by atoms with Crippen LogP contribution in [0.3, 0.4) is 0 Å². The molecule has 8 heteroatoms. The Labute approximate surface area is 162 Å². The summed E-state index contributed by atoms with van der Waals surface area (Å²) >= 11 is 0. The van der Waals surface area contributed by atoms with Crippen molar-refractivity contribution in [1.82, 2.24) is 15.5 Å². The van der Waals surface area contributed by atoms with Gasteiger partial charge in [0.15, 0.2) is 0 Å². The van der Waals surface area contributed by atoms with Gasteiger partial charge in [-0.15, -0.1) is 0 Å². The van der Waals surface area contributed by atoms with E-state index in [-0.39, 0.29) is 37.1 Å².